The Kier molecular flexibility index (Phi) is 7.33. The van der Waals surface area contributed by atoms with Crippen molar-refractivity contribution in [1.82, 2.24) is 15.1 Å². The number of nitrogens with zero attached hydrogens (tertiary/aromatic N) is 3. The molecule has 1 amide bonds. The molecule has 1 aromatic carbocycles. The highest BCUT2D eigenvalue weighted by atomic mass is 19.1. The summed E-state index contributed by atoms with van der Waals surface area (Å²) in [4.78, 5) is 20.3. The summed E-state index contributed by atoms with van der Waals surface area (Å²) in [5, 5.41) is 13.9. The Balaban J connectivity index is 1.39. The van der Waals surface area contributed by atoms with Crippen LogP contribution in [0.3, 0.4) is 0 Å². The molecule has 1 aliphatic heterocycles. The van der Waals surface area contributed by atoms with Crippen molar-refractivity contribution in [2.45, 2.75) is 26.2 Å². The quantitative estimate of drug-likeness (QED) is 0.606. The standard InChI is InChI=1S/C22H28FN5O4/c1-2-32-27-18-5-3-4-17-20(18)21(26-25-17)22(29)24-15-6-7-19(16(23)14-15)31-13-10-28-8-11-30-12-9-28/h6-7,14H,2-5,8-13H2,1H3,(H,24,29)(H,25,26)/b27-18+. The second kappa shape index (κ2) is 10.6. The molecule has 9 nitrogen and oxygen atoms in total. The zero-order valence-electron chi connectivity index (χ0n) is 18.2. The van der Waals surface area contributed by atoms with E-state index < -0.39 is 11.7 Å². The number of amides is 1. The van der Waals surface area contributed by atoms with E-state index in [4.69, 9.17) is 14.3 Å². The van der Waals surface area contributed by atoms with Crippen molar-refractivity contribution in [3.63, 3.8) is 0 Å². The van der Waals surface area contributed by atoms with E-state index in [-0.39, 0.29) is 11.4 Å². The molecule has 2 aliphatic rings. The van der Waals surface area contributed by atoms with Gasteiger partial charge in [0.15, 0.2) is 17.3 Å². The van der Waals surface area contributed by atoms with Crippen LogP contribution in [-0.2, 0) is 16.0 Å². The lowest BCUT2D eigenvalue weighted by atomic mass is 9.93. The van der Waals surface area contributed by atoms with Crippen LogP contribution in [0.2, 0.25) is 0 Å². The Morgan fingerprint density at radius 1 is 1.34 bits per heavy atom. The van der Waals surface area contributed by atoms with Gasteiger partial charge in [0.2, 0.25) is 0 Å². The molecule has 1 saturated heterocycles. The van der Waals surface area contributed by atoms with Gasteiger partial charge in [-0.05, 0) is 38.3 Å². The average Bonchev–Trinajstić information content (AvgIpc) is 3.25. The van der Waals surface area contributed by atoms with Crippen LogP contribution in [0.5, 0.6) is 5.75 Å². The number of rotatable bonds is 8. The van der Waals surface area contributed by atoms with E-state index in [2.05, 4.69) is 25.6 Å². The summed E-state index contributed by atoms with van der Waals surface area (Å²) in [6, 6.07) is 4.38. The zero-order chi connectivity index (χ0) is 22.3. The van der Waals surface area contributed by atoms with E-state index in [1.807, 2.05) is 6.92 Å². The molecular formula is C22H28FN5O4. The van der Waals surface area contributed by atoms with Crippen LogP contribution in [0.25, 0.3) is 0 Å². The Bertz CT molecular complexity index is 971. The fourth-order valence-electron chi connectivity index (χ4n) is 3.82. The van der Waals surface area contributed by atoms with Gasteiger partial charge in [0.25, 0.3) is 5.91 Å². The largest absolute Gasteiger partial charge is 0.489 e. The fourth-order valence-corrected chi connectivity index (χ4v) is 3.82. The highest BCUT2D eigenvalue weighted by Gasteiger charge is 2.27. The molecular weight excluding hydrogens is 417 g/mol. The molecule has 0 saturated carbocycles. The molecule has 2 heterocycles. The van der Waals surface area contributed by atoms with Crippen LogP contribution < -0.4 is 10.1 Å². The van der Waals surface area contributed by atoms with E-state index in [0.717, 1.165) is 31.6 Å². The van der Waals surface area contributed by atoms with Crippen LogP contribution in [0.15, 0.2) is 23.4 Å². The number of H-pyrrole nitrogens is 1. The van der Waals surface area contributed by atoms with Crippen molar-refractivity contribution < 1.29 is 23.5 Å². The first-order chi connectivity index (χ1) is 15.7. The number of halogens is 1. The SMILES string of the molecule is CCO/N=C1\CCCc2[nH]nc(C(=O)Nc3ccc(OCCN4CCOCC4)c(F)c3)c21. The second-order valence-corrected chi connectivity index (χ2v) is 7.64. The van der Waals surface area contributed by atoms with E-state index in [1.54, 1.807) is 6.07 Å². The summed E-state index contributed by atoms with van der Waals surface area (Å²) >= 11 is 0. The predicted molar refractivity (Wildman–Crippen MR) is 117 cm³/mol. The summed E-state index contributed by atoms with van der Waals surface area (Å²) in [6.45, 7) is 6.50. The number of hydrogen-bond acceptors (Lipinski definition) is 7. The van der Waals surface area contributed by atoms with Gasteiger partial charge in [-0.2, -0.15) is 5.10 Å². The third-order valence-corrected chi connectivity index (χ3v) is 5.45. The summed E-state index contributed by atoms with van der Waals surface area (Å²) < 4.78 is 25.4. The summed E-state index contributed by atoms with van der Waals surface area (Å²) in [6.07, 6.45) is 2.39. The Labute approximate surface area is 185 Å². The van der Waals surface area contributed by atoms with Crippen LogP contribution in [0.4, 0.5) is 10.1 Å². The van der Waals surface area contributed by atoms with Crippen molar-refractivity contribution in [2.75, 3.05) is 51.4 Å². The van der Waals surface area contributed by atoms with Gasteiger partial charge in [-0.15, -0.1) is 0 Å². The number of aromatic nitrogens is 2. The third-order valence-electron chi connectivity index (χ3n) is 5.45. The number of fused-ring (bicyclic) bond motifs is 1. The maximum Gasteiger partial charge on any atom is 0.276 e. The number of nitrogens with one attached hydrogen (secondary N) is 2. The first-order valence-corrected chi connectivity index (χ1v) is 11.0. The van der Waals surface area contributed by atoms with Crippen LogP contribution in [0.1, 0.15) is 41.5 Å². The molecule has 2 aromatic rings. The van der Waals surface area contributed by atoms with Gasteiger partial charge in [-0.1, -0.05) is 5.16 Å². The minimum Gasteiger partial charge on any atom is -0.489 e. The first-order valence-electron chi connectivity index (χ1n) is 11.0. The van der Waals surface area contributed by atoms with Gasteiger partial charge < -0.3 is 19.6 Å². The van der Waals surface area contributed by atoms with Crippen molar-refractivity contribution >= 4 is 17.3 Å². The van der Waals surface area contributed by atoms with Crippen molar-refractivity contribution in [3.8, 4) is 5.75 Å². The molecule has 10 heteroatoms. The molecule has 172 valence electrons. The number of morpholine rings is 1. The van der Waals surface area contributed by atoms with Gasteiger partial charge in [0.1, 0.15) is 13.2 Å². The number of ether oxygens (including phenoxy) is 2. The Hall–Kier alpha value is -2.98. The molecule has 1 aromatic heterocycles. The second-order valence-electron chi connectivity index (χ2n) is 7.64. The van der Waals surface area contributed by atoms with Crippen LogP contribution in [0, 0.1) is 5.82 Å². The lowest BCUT2D eigenvalue weighted by Crippen LogP contribution is -2.38. The van der Waals surface area contributed by atoms with Gasteiger partial charge in [0.05, 0.1) is 24.5 Å². The van der Waals surface area contributed by atoms with Gasteiger partial charge >= 0.3 is 0 Å². The van der Waals surface area contributed by atoms with Gasteiger partial charge in [-0.25, -0.2) is 4.39 Å². The fraction of sp³-hybridized carbons (Fsp3) is 0.500. The molecule has 0 spiro atoms. The normalized spacial score (nSPS) is 17.8. The minimum absolute atomic E-state index is 0.152. The maximum absolute atomic E-state index is 14.5. The van der Waals surface area contributed by atoms with E-state index >= 15 is 0 Å². The number of oxime groups is 1. The average molecular weight is 445 g/mol. The number of carbonyl (C=O) groups excluding carboxylic acids is 1. The highest BCUT2D eigenvalue weighted by molar-refractivity contribution is 6.14. The number of benzene rings is 1. The minimum atomic E-state index is -0.535. The smallest absolute Gasteiger partial charge is 0.276 e. The predicted octanol–water partition coefficient (Wildman–Crippen LogP) is 2.59. The molecule has 1 fully saturated rings. The Morgan fingerprint density at radius 3 is 2.97 bits per heavy atom. The van der Waals surface area contributed by atoms with Crippen molar-refractivity contribution in [2.24, 2.45) is 5.16 Å². The summed E-state index contributed by atoms with van der Waals surface area (Å²) in [7, 11) is 0. The van der Waals surface area contributed by atoms with Crippen LogP contribution in [-0.4, -0.2) is 72.8 Å². The number of hydrogen-bond donors (Lipinski definition) is 2. The number of aryl methyl sites for hydroxylation is 1. The molecule has 0 atom stereocenters. The van der Waals surface area contributed by atoms with Crippen molar-refractivity contribution in [1.29, 1.82) is 0 Å². The molecule has 32 heavy (non-hydrogen) atoms. The summed E-state index contributed by atoms with van der Waals surface area (Å²) in [5.74, 6) is -0.819. The summed E-state index contributed by atoms with van der Waals surface area (Å²) in [5.41, 5.74) is 2.77. The molecule has 0 bridgehead atoms. The van der Waals surface area contributed by atoms with Crippen LogP contribution >= 0.6 is 0 Å². The lowest BCUT2D eigenvalue weighted by molar-refractivity contribution is 0.0320. The molecule has 0 unspecified atom stereocenters. The maximum atomic E-state index is 14.5. The molecule has 4 rings (SSSR count). The molecule has 2 N–H and O–H groups in total. The van der Waals surface area contributed by atoms with Gasteiger partial charge in [0, 0.05) is 37.1 Å². The zero-order valence-corrected chi connectivity index (χ0v) is 18.2. The lowest BCUT2D eigenvalue weighted by Gasteiger charge is -2.26. The van der Waals surface area contributed by atoms with Gasteiger partial charge in [-0.3, -0.25) is 14.8 Å². The number of anilines is 1. The van der Waals surface area contributed by atoms with E-state index in [0.29, 0.717) is 56.4 Å². The molecule has 0 radical (unpaired) electrons. The molecule has 1 aliphatic carbocycles. The number of aromatic amines is 1. The third kappa shape index (κ3) is 5.25. The van der Waals surface area contributed by atoms with E-state index in [1.165, 1.54) is 12.1 Å². The number of carbonyl (C=O) groups is 1. The van der Waals surface area contributed by atoms with Crippen molar-refractivity contribution in [3.05, 3.63) is 41.0 Å². The Morgan fingerprint density at radius 2 is 2.19 bits per heavy atom. The van der Waals surface area contributed by atoms with E-state index in [9.17, 15) is 9.18 Å². The first kappa shape index (κ1) is 22.2. The monoisotopic (exact) mass is 445 g/mol. The highest BCUT2D eigenvalue weighted by Crippen LogP contribution is 2.25. The topological polar surface area (TPSA) is 101 Å².